The van der Waals surface area contributed by atoms with E-state index in [1.807, 2.05) is 32.9 Å². The molecular formula is C27H36N4O2. The van der Waals surface area contributed by atoms with Crippen molar-refractivity contribution < 1.29 is 9.59 Å². The third-order valence-corrected chi connectivity index (χ3v) is 7.00. The second-order valence-electron chi connectivity index (χ2n) is 9.61. The van der Waals surface area contributed by atoms with Crippen LogP contribution in [0, 0.1) is 20.8 Å². The number of amides is 2. The van der Waals surface area contributed by atoms with E-state index in [0.29, 0.717) is 6.54 Å². The van der Waals surface area contributed by atoms with Gasteiger partial charge in [-0.05, 0) is 87.9 Å². The molecule has 2 heterocycles. The maximum atomic E-state index is 12.7. The van der Waals surface area contributed by atoms with Gasteiger partial charge in [-0.3, -0.25) is 14.5 Å². The van der Waals surface area contributed by atoms with Crippen LogP contribution in [-0.2, 0) is 16.0 Å². The third kappa shape index (κ3) is 5.22. The van der Waals surface area contributed by atoms with Crippen LogP contribution in [0.15, 0.2) is 30.3 Å². The topological polar surface area (TPSA) is 64.7 Å². The van der Waals surface area contributed by atoms with Crippen LogP contribution in [0.3, 0.4) is 0 Å². The highest BCUT2D eigenvalue weighted by Gasteiger charge is 2.26. The minimum Gasteiger partial charge on any atom is -0.374 e. The Morgan fingerprint density at radius 1 is 0.939 bits per heavy atom. The summed E-state index contributed by atoms with van der Waals surface area (Å²) < 4.78 is 0. The van der Waals surface area contributed by atoms with Gasteiger partial charge >= 0.3 is 11.8 Å². The van der Waals surface area contributed by atoms with Crippen LogP contribution in [-0.4, -0.2) is 49.9 Å². The maximum Gasteiger partial charge on any atom is 0.313 e. The van der Waals surface area contributed by atoms with Crippen molar-refractivity contribution in [3.8, 4) is 0 Å². The molecule has 0 saturated carbocycles. The summed E-state index contributed by atoms with van der Waals surface area (Å²) in [6.07, 6.45) is 4.59. The van der Waals surface area contributed by atoms with Gasteiger partial charge in [0.15, 0.2) is 0 Å². The fourth-order valence-corrected chi connectivity index (χ4v) is 5.34. The minimum absolute atomic E-state index is 0.0737. The molecule has 1 atom stereocenters. The summed E-state index contributed by atoms with van der Waals surface area (Å²) >= 11 is 0. The van der Waals surface area contributed by atoms with Gasteiger partial charge in [0.25, 0.3) is 0 Å². The standard InChI is InChI=1S/C27H36N4O2/c1-18-14-19(2)25(20(3)15-18)29-27(33)26(32)28-17-24(31-12-5-6-13-31)22-9-10-23-21(16-22)8-7-11-30(23)4/h9-10,14-16,24H,5-8,11-13,17H2,1-4H3,(H,28,32)(H,29,33)/t24-/m0/s1. The van der Waals surface area contributed by atoms with E-state index < -0.39 is 11.8 Å². The molecule has 0 aromatic heterocycles. The number of anilines is 2. The number of aryl methyl sites for hydroxylation is 4. The molecule has 0 radical (unpaired) electrons. The molecular weight excluding hydrogens is 412 g/mol. The first-order valence-corrected chi connectivity index (χ1v) is 12.1. The van der Waals surface area contributed by atoms with Gasteiger partial charge in [-0.25, -0.2) is 0 Å². The van der Waals surface area contributed by atoms with Gasteiger partial charge in [0.1, 0.15) is 0 Å². The molecule has 2 aromatic rings. The highest BCUT2D eigenvalue weighted by molar-refractivity contribution is 6.39. The molecule has 2 aliphatic rings. The number of benzene rings is 2. The molecule has 2 aliphatic heterocycles. The lowest BCUT2D eigenvalue weighted by Gasteiger charge is -2.31. The Kier molecular flexibility index (Phi) is 7.03. The lowest BCUT2D eigenvalue weighted by atomic mass is 9.96. The van der Waals surface area contributed by atoms with Crippen molar-refractivity contribution in [2.45, 2.75) is 52.5 Å². The number of carbonyl (C=O) groups excluding carboxylic acids is 2. The zero-order chi connectivity index (χ0) is 23.5. The summed E-state index contributed by atoms with van der Waals surface area (Å²) in [4.78, 5) is 30.1. The SMILES string of the molecule is Cc1cc(C)c(NC(=O)C(=O)NC[C@@H](c2ccc3c(c2)CCCN3C)N2CCCC2)c(C)c1. The van der Waals surface area contributed by atoms with E-state index in [1.165, 1.54) is 29.7 Å². The lowest BCUT2D eigenvalue weighted by molar-refractivity contribution is -0.136. The number of fused-ring (bicyclic) bond motifs is 1. The van der Waals surface area contributed by atoms with Gasteiger partial charge in [0.2, 0.25) is 0 Å². The van der Waals surface area contributed by atoms with Gasteiger partial charge in [-0.1, -0.05) is 29.8 Å². The normalized spacial score (nSPS) is 16.9. The number of hydrogen-bond donors (Lipinski definition) is 2. The molecule has 176 valence electrons. The Balaban J connectivity index is 1.46. The summed E-state index contributed by atoms with van der Waals surface area (Å²) in [5.41, 5.74) is 7.67. The largest absolute Gasteiger partial charge is 0.374 e. The summed E-state index contributed by atoms with van der Waals surface area (Å²) in [6.45, 7) is 9.47. The summed E-state index contributed by atoms with van der Waals surface area (Å²) in [7, 11) is 2.14. The van der Waals surface area contributed by atoms with E-state index >= 15 is 0 Å². The molecule has 33 heavy (non-hydrogen) atoms. The fraction of sp³-hybridized carbons (Fsp3) is 0.481. The van der Waals surface area contributed by atoms with E-state index in [1.54, 1.807) is 0 Å². The first-order valence-electron chi connectivity index (χ1n) is 12.1. The Morgan fingerprint density at radius 2 is 1.64 bits per heavy atom. The van der Waals surface area contributed by atoms with Crippen molar-refractivity contribution in [3.05, 3.63) is 58.1 Å². The van der Waals surface area contributed by atoms with Crippen LogP contribution in [0.2, 0.25) is 0 Å². The van der Waals surface area contributed by atoms with Crippen LogP contribution < -0.4 is 15.5 Å². The highest BCUT2D eigenvalue weighted by Crippen LogP contribution is 2.32. The van der Waals surface area contributed by atoms with E-state index in [2.05, 4.69) is 45.7 Å². The molecule has 0 spiro atoms. The van der Waals surface area contributed by atoms with Crippen molar-refractivity contribution in [1.82, 2.24) is 10.2 Å². The average Bonchev–Trinajstić information content (AvgIpc) is 3.30. The Labute approximate surface area is 197 Å². The molecule has 1 saturated heterocycles. The number of likely N-dealkylation sites (tertiary alicyclic amines) is 1. The predicted molar refractivity (Wildman–Crippen MR) is 134 cm³/mol. The first-order chi connectivity index (χ1) is 15.8. The molecule has 2 aromatic carbocycles. The third-order valence-electron chi connectivity index (χ3n) is 7.00. The molecule has 4 rings (SSSR count). The number of nitrogens with zero attached hydrogens (tertiary/aromatic N) is 2. The van der Waals surface area contributed by atoms with E-state index in [9.17, 15) is 9.59 Å². The van der Waals surface area contributed by atoms with Gasteiger partial charge in [0, 0.05) is 31.5 Å². The smallest absolute Gasteiger partial charge is 0.313 e. The van der Waals surface area contributed by atoms with Gasteiger partial charge < -0.3 is 15.5 Å². The van der Waals surface area contributed by atoms with E-state index in [4.69, 9.17) is 0 Å². The van der Waals surface area contributed by atoms with Crippen molar-refractivity contribution in [3.63, 3.8) is 0 Å². The number of hydrogen-bond acceptors (Lipinski definition) is 4. The summed E-state index contributed by atoms with van der Waals surface area (Å²) in [5.74, 6) is -1.20. The minimum atomic E-state index is -0.614. The van der Waals surface area contributed by atoms with Crippen LogP contribution in [0.1, 0.15) is 53.1 Å². The molecule has 2 amide bonds. The number of carbonyl (C=O) groups is 2. The van der Waals surface area contributed by atoms with Crippen molar-refractivity contribution >= 4 is 23.2 Å². The van der Waals surface area contributed by atoms with Crippen LogP contribution in [0.25, 0.3) is 0 Å². The quantitative estimate of drug-likeness (QED) is 0.682. The Hall–Kier alpha value is -2.86. The zero-order valence-corrected chi connectivity index (χ0v) is 20.3. The monoisotopic (exact) mass is 448 g/mol. The Bertz CT molecular complexity index is 1020. The number of nitrogens with one attached hydrogen (secondary N) is 2. The first kappa shape index (κ1) is 23.3. The molecule has 0 aliphatic carbocycles. The van der Waals surface area contributed by atoms with E-state index in [-0.39, 0.29) is 6.04 Å². The summed E-state index contributed by atoms with van der Waals surface area (Å²) in [6, 6.07) is 10.8. The van der Waals surface area contributed by atoms with Gasteiger partial charge in [-0.15, -0.1) is 0 Å². The molecule has 0 bridgehead atoms. The van der Waals surface area contributed by atoms with Crippen LogP contribution in [0.5, 0.6) is 0 Å². The van der Waals surface area contributed by atoms with Crippen LogP contribution in [0.4, 0.5) is 11.4 Å². The van der Waals surface area contributed by atoms with Gasteiger partial charge in [-0.2, -0.15) is 0 Å². The van der Waals surface area contributed by atoms with Crippen LogP contribution >= 0.6 is 0 Å². The van der Waals surface area contributed by atoms with Crippen molar-refractivity contribution in [2.24, 2.45) is 0 Å². The summed E-state index contributed by atoms with van der Waals surface area (Å²) in [5, 5.41) is 5.73. The fourth-order valence-electron chi connectivity index (χ4n) is 5.34. The lowest BCUT2D eigenvalue weighted by Crippen LogP contribution is -2.41. The molecule has 6 nitrogen and oxygen atoms in total. The molecule has 1 fully saturated rings. The molecule has 6 heteroatoms. The second kappa shape index (κ2) is 9.96. The molecule has 2 N–H and O–H groups in total. The van der Waals surface area contributed by atoms with Crippen molar-refractivity contribution in [2.75, 3.05) is 43.4 Å². The van der Waals surface area contributed by atoms with Gasteiger partial charge in [0.05, 0.1) is 6.04 Å². The second-order valence-corrected chi connectivity index (χ2v) is 9.61. The highest BCUT2D eigenvalue weighted by atomic mass is 16.2. The average molecular weight is 449 g/mol. The predicted octanol–water partition coefficient (Wildman–Crippen LogP) is 3.89. The molecule has 0 unspecified atom stereocenters. The van der Waals surface area contributed by atoms with E-state index in [0.717, 1.165) is 54.9 Å². The Morgan fingerprint density at radius 3 is 2.33 bits per heavy atom. The van der Waals surface area contributed by atoms with Crippen molar-refractivity contribution in [1.29, 1.82) is 0 Å². The number of rotatable bonds is 5. The maximum absolute atomic E-state index is 12.7. The zero-order valence-electron chi connectivity index (χ0n) is 20.3.